The molecule has 2 saturated heterocycles. The largest absolute Gasteiger partial charge is 0.369 e. The van der Waals surface area contributed by atoms with Crippen LogP contribution in [0.15, 0.2) is 24.3 Å². The van der Waals surface area contributed by atoms with E-state index in [0.717, 1.165) is 70.5 Å². The summed E-state index contributed by atoms with van der Waals surface area (Å²) in [5.41, 5.74) is 7.28. The monoisotopic (exact) mass is 384 g/mol. The van der Waals surface area contributed by atoms with Crippen LogP contribution in [0, 0.1) is 17.3 Å². The van der Waals surface area contributed by atoms with Gasteiger partial charge in [0.2, 0.25) is 11.8 Å². The fraction of sp³-hybridized carbons (Fsp3) is 0.636. The van der Waals surface area contributed by atoms with E-state index in [1.165, 1.54) is 12.0 Å². The van der Waals surface area contributed by atoms with Crippen LogP contribution in [0.5, 0.6) is 0 Å². The molecule has 4 N–H and O–H groups in total. The second kappa shape index (κ2) is 8.21. The summed E-state index contributed by atoms with van der Waals surface area (Å²) in [6.45, 7) is 4.39. The van der Waals surface area contributed by atoms with E-state index in [4.69, 9.17) is 5.73 Å². The zero-order chi connectivity index (χ0) is 19.6. The van der Waals surface area contributed by atoms with Crippen LogP contribution in [0.1, 0.15) is 44.1 Å². The maximum absolute atomic E-state index is 13.2. The minimum absolute atomic E-state index is 0.0181. The predicted octanol–water partition coefficient (Wildman–Crippen LogP) is 2.10. The molecule has 152 valence electrons. The summed E-state index contributed by atoms with van der Waals surface area (Å²) in [5.74, 6) is 0.494. The number of fused-ring (bicyclic) bond motifs is 1. The third-order valence-electron chi connectivity index (χ3n) is 7.07. The van der Waals surface area contributed by atoms with Crippen molar-refractivity contribution in [3.63, 3.8) is 0 Å². The van der Waals surface area contributed by atoms with Crippen molar-refractivity contribution in [2.45, 2.75) is 45.1 Å². The van der Waals surface area contributed by atoms with E-state index in [1.54, 1.807) is 0 Å². The highest BCUT2D eigenvalue weighted by molar-refractivity contribution is 5.96. The van der Waals surface area contributed by atoms with Gasteiger partial charge in [-0.25, -0.2) is 0 Å². The molecule has 2 atom stereocenters. The summed E-state index contributed by atoms with van der Waals surface area (Å²) < 4.78 is 0. The van der Waals surface area contributed by atoms with Gasteiger partial charge in [0, 0.05) is 24.7 Å². The first-order valence-corrected chi connectivity index (χ1v) is 10.7. The number of hydrogen-bond donors (Lipinski definition) is 3. The first-order valence-electron chi connectivity index (χ1n) is 10.7. The number of hydrogen-bond acceptors (Lipinski definition) is 4. The molecule has 1 saturated carbocycles. The molecule has 6 nitrogen and oxygen atoms in total. The number of carbonyl (C=O) groups excluding carboxylic acids is 2. The number of carbonyl (C=O) groups is 2. The fourth-order valence-electron chi connectivity index (χ4n) is 5.33. The average Bonchev–Trinajstić information content (AvgIpc) is 3.14. The Morgan fingerprint density at radius 1 is 1.21 bits per heavy atom. The Morgan fingerprint density at radius 3 is 2.82 bits per heavy atom. The standard InChI is InChI=1S/C22H32N4O2/c23-20(27)17-7-10-26(11-8-17)14-16-4-3-6-19(12-16)25-21(28)22-9-2-1-5-18(22)13-24-15-22/h3-4,6,12,17-18,24H,1-2,5,7-11,13-15H2,(H2,23,27)(H,25,28)/t18-,22+/m0/s1. The van der Waals surface area contributed by atoms with Crippen molar-refractivity contribution < 1.29 is 9.59 Å². The lowest BCUT2D eigenvalue weighted by atomic mass is 9.67. The number of nitrogens with two attached hydrogens (primary N) is 1. The van der Waals surface area contributed by atoms with Gasteiger partial charge in [-0.05, 0) is 68.9 Å². The molecule has 0 unspecified atom stereocenters. The number of anilines is 1. The van der Waals surface area contributed by atoms with E-state index >= 15 is 0 Å². The van der Waals surface area contributed by atoms with Gasteiger partial charge in [-0.15, -0.1) is 0 Å². The quantitative estimate of drug-likeness (QED) is 0.726. The Balaban J connectivity index is 1.38. The first kappa shape index (κ1) is 19.4. The molecular weight excluding hydrogens is 352 g/mol. The number of amides is 2. The van der Waals surface area contributed by atoms with Gasteiger partial charge in [0.25, 0.3) is 0 Å². The van der Waals surface area contributed by atoms with Crippen molar-refractivity contribution in [2.24, 2.45) is 23.0 Å². The van der Waals surface area contributed by atoms with E-state index in [0.29, 0.717) is 5.92 Å². The highest BCUT2D eigenvalue weighted by Gasteiger charge is 2.49. The van der Waals surface area contributed by atoms with Gasteiger partial charge in [-0.1, -0.05) is 25.0 Å². The van der Waals surface area contributed by atoms with Gasteiger partial charge in [0.15, 0.2) is 0 Å². The topological polar surface area (TPSA) is 87.5 Å². The smallest absolute Gasteiger partial charge is 0.232 e. The molecule has 2 heterocycles. The van der Waals surface area contributed by atoms with Gasteiger partial charge in [-0.2, -0.15) is 0 Å². The number of likely N-dealkylation sites (tertiary alicyclic amines) is 1. The second-order valence-electron chi connectivity index (χ2n) is 8.84. The van der Waals surface area contributed by atoms with E-state index in [9.17, 15) is 9.59 Å². The van der Waals surface area contributed by atoms with E-state index < -0.39 is 0 Å². The Labute approximate surface area is 167 Å². The molecule has 2 amide bonds. The molecule has 0 spiro atoms. The number of piperidine rings is 1. The number of primary amides is 1. The minimum Gasteiger partial charge on any atom is -0.369 e. The van der Waals surface area contributed by atoms with Crippen molar-refractivity contribution in [1.82, 2.24) is 10.2 Å². The summed E-state index contributed by atoms with van der Waals surface area (Å²) in [5, 5.41) is 6.66. The minimum atomic E-state index is -0.231. The van der Waals surface area contributed by atoms with Gasteiger partial charge < -0.3 is 16.4 Å². The molecule has 1 aromatic rings. The molecule has 28 heavy (non-hydrogen) atoms. The van der Waals surface area contributed by atoms with Crippen LogP contribution in [0.25, 0.3) is 0 Å². The Bertz CT molecular complexity index is 729. The van der Waals surface area contributed by atoms with Crippen LogP contribution in [-0.2, 0) is 16.1 Å². The summed E-state index contributed by atoms with van der Waals surface area (Å²) in [4.78, 5) is 26.9. The predicted molar refractivity (Wildman–Crippen MR) is 110 cm³/mol. The number of rotatable bonds is 5. The zero-order valence-corrected chi connectivity index (χ0v) is 16.6. The number of nitrogens with one attached hydrogen (secondary N) is 2. The summed E-state index contributed by atoms with van der Waals surface area (Å²) in [6.07, 6.45) is 6.20. The molecule has 6 heteroatoms. The first-order chi connectivity index (χ1) is 13.6. The average molecular weight is 385 g/mol. The second-order valence-corrected chi connectivity index (χ2v) is 8.84. The normalized spacial score (nSPS) is 28.6. The summed E-state index contributed by atoms with van der Waals surface area (Å²) >= 11 is 0. The van der Waals surface area contributed by atoms with Gasteiger partial charge in [0.05, 0.1) is 5.41 Å². The number of nitrogens with zero attached hydrogens (tertiary/aromatic N) is 1. The van der Waals surface area contributed by atoms with Crippen molar-refractivity contribution in [3.05, 3.63) is 29.8 Å². The summed E-state index contributed by atoms with van der Waals surface area (Å²) in [6, 6.07) is 8.20. The maximum atomic E-state index is 13.2. The van der Waals surface area contributed by atoms with Crippen LogP contribution < -0.4 is 16.4 Å². The van der Waals surface area contributed by atoms with Crippen molar-refractivity contribution in [3.8, 4) is 0 Å². The highest BCUT2D eigenvalue weighted by Crippen LogP contribution is 2.44. The maximum Gasteiger partial charge on any atom is 0.232 e. The molecular formula is C22H32N4O2. The molecule has 1 aromatic carbocycles. The highest BCUT2D eigenvalue weighted by atomic mass is 16.2. The van der Waals surface area contributed by atoms with Crippen LogP contribution in [0.2, 0.25) is 0 Å². The molecule has 4 rings (SSSR count). The van der Waals surface area contributed by atoms with Crippen molar-refractivity contribution >= 4 is 17.5 Å². The molecule has 2 aliphatic heterocycles. The molecule has 0 bridgehead atoms. The Hall–Kier alpha value is -1.92. The molecule has 0 aromatic heterocycles. The third-order valence-corrected chi connectivity index (χ3v) is 7.07. The van der Waals surface area contributed by atoms with E-state index in [-0.39, 0.29) is 23.1 Å². The van der Waals surface area contributed by atoms with Crippen LogP contribution >= 0.6 is 0 Å². The van der Waals surface area contributed by atoms with Gasteiger partial charge >= 0.3 is 0 Å². The fourth-order valence-corrected chi connectivity index (χ4v) is 5.33. The van der Waals surface area contributed by atoms with Gasteiger partial charge in [-0.3, -0.25) is 14.5 Å². The summed E-state index contributed by atoms with van der Waals surface area (Å²) in [7, 11) is 0. The lowest BCUT2D eigenvalue weighted by Gasteiger charge is -2.37. The Kier molecular flexibility index (Phi) is 5.69. The third kappa shape index (κ3) is 3.94. The van der Waals surface area contributed by atoms with Crippen LogP contribution in [0.3, 0.4) is 0 Å². The van der Waals surface area contributed by atoms with E-state index in [2.05, 4.69) is 27.7 Å². The SMILES string of the molecule is NC(=O)C1CCN(Cc2cccc(NC(=O)[C@@]34CCCC[C@H]3CNC4)c2)CC1. The number of benzene rings is 1. The van der Waals surface area contributed by atoms with E-state index in [1.807, 2.05) is 12.1 Å². The molecule has 3 aliphatic rings. The van der Waals surface area contributed by atoms with Crippen molar-refractivity contribution in [2.75, 3.05) is 31.5 Å². The lowest BCUT2D eigenvalue weighted by molar-refractivity contribution is -0.128. The molecule has 3 fully saturated rings. The van der Waals surface area contributed by atoms with Gasteiger partial charge in [0.1, 0.15) is 0 Å². The van der Waals surface area contributed by atoms with Crippen LogP contribution in [0.4, 0.5) is 5.69 Å². The van der Waals surface area contributed by atoms with Crippen molar-refractivity contribution in [1.29, 1.82) is 0 Å². The molecule has 0 radical (unpaired) electrons. The molecule has 1 aliphatic carbocycles. The van der Waals surface area contributed by atoms with Crippen LogP contribution in [-0.4, -0.2) is 42.9 Å². The lowest BCUT2D eigenvalue weighted by Crippen LogP contribution is -2.44. The zero-order valence-electron chi connectivity index (χ0n) is 16.6. The Morgan fingerprint density at radius 2 is 2.04 bits per heavy atom.